The number of carbonyl (C=O) groups is 1. The van der Waals surface area contributed by atoms with Crippen LogP contribution in [0, 0.1) is 15.9 Å². The Balaban J connectivity index is 2.74. The molecule has 0 atom stereocenters. The molecule has 0 saturated heterocycles. The summed E-state index contributed by atoms with van der Waals surface area (Å²) in [6, 6.07) is 3.87. The van der Waals surface area contributed by atoms with Crippen molar-refractivity contribution in [1.82, 2.24) is 0 Å². The minimum atomic E-state index is -0.877. The molecule has 0 bridgehead atoms. The Morgan fingerprint density at radius 1 is 1.59 bits per heavy atom. The molecule has 0 aliphatic carbocycles. The van der Waals surface area contributed by atoms with E-state index in [1.807, 2.05) is 0 Å². The van der Waals surface area contributed by atoms with Crippen LogP contribution in [-0.2, 0) is 9.53 Å². The minimum absolute atomic E-state index is 0.120. The Morgan fingerprint density at radius 2 is 2.29 bits per heavy atom. The monoisotopic (exact) mass is 259 g/mol. The van der Waals surface area contributed by atoms with Crippen LogP contribution < -0.4 is 0 Å². The molecular formula is C10H10FNO4S. The Kier molecular flexibility index (Phi) is 4.89. The van der Waals surface area contributed by atoms with Crippen molar-refractivity contribution >= 4 is 23.4 Å². The van der Waals surface area contributed by atoms with Crippen LogP contribution in [0.4, 0.5) is 10.1 Å². The Hall–Kier alpha value is -1.63. The summed E-state index contributed by atoms with van der Waals surface area (Å²) in [5.74, 6) is -0.980. The van der Waals surface area contributed by atoms with Crippen LogP contribution >= 0.6 is 11.8 Å². The molecule has 1 aromatic carbocycles. The van der Waals surface area contributed by atoms with Crippen molar-refractivity contribution in [1.29, 1.82) is 0 Å². The third-order valence-electron chi connectivity index (χ3n) is 1.92. The van der Waals surface area contributed by atoms with Crippen molar-refractivity contribution < 1.29 is 18.8 Å². The van der Waals surface area contributed by atoms with Crippen LogP contribution in [0.5, 0.6) is 0 Å². The van der Waals surface area contributed by atoms with Gasteiger partial charge in [0.05, 0.1) is 23.3 Å². The van der Waals surface area contributed by atoms with E-state index in [9.17, 15) is 19.3 Å². The second-order valence-corrected chi connectivity index (χ2v) is 4.16. The molecule has 0 aliphatic heterocycles. The van der Waals surface area contributed by atoms with E-state index in [2.05, 4.69) is 4.74 Å². The summed E-state index contributed by atoms with van der Waals surface area (Å²) in [4.78, 5) is 20.9. The number of halogens is 1. The van der Waals surface area contributed by atoms with Gasteiger partial charge in [0.2, 0.25) is 5.82 Å². The van der Waals surface area contributed by atoms with Gasteiger partial charge in [-0.05, 0) is 12.1 Å². The van der Waals surface area contributed by atoms with E-state index >= 15 is 0 Å². The first kappa shape index (κ1) is 13.4. The number of hydrogen-bond acceptors (Lipinski definition) is 5. The van der Waals surface area contributed by atoms with E-state index in [0.29, 0.717) is 5.75 Å². The lowest BCUT2D eigenvalue weighted by atomic mass is 10.3. The molecule has 7 heteroatoms. The first-order valence-electron chi connectivity index (χ1n) is 4.68. The molecule has 5 nitrogen and oxygen atoms in total. The number of carbonyl (C=O) groups excluding carboxylic acids is 1. The maximum absolute atomic E-state index is 13.2. The molecule has 0 heterocycles. The number of nitro benzene ring substituents is 1. The van der Waals surface area contributed by atoms with Crippen LogP contribution in [0.1, 0.15) is 6.42 Å². The van der Waals surface area contributed by atoms with Gasteiger partial charge in [0, 0.05) is 5.75 Å². The third-order valence-corrected chi connectivity index (χ3v) is 2.97. The van der Waals surface area contributed by atoms with E-state index in [-0.39, 0.29) is 11.3 Å². The molecular weight excluding hydrogens is 249 g/mol. The highest BCUT2D eigenvalue weighted by Gasteiger charge is 2.19. The number of rotatable bonds is 5. The summed E-state index contributed by atoms with van der Waals surface area (Å²) in [7, 11) is 1.26. The van der Waals surface area contributed by atoms with E-state index in [1.165, 1.54) is 19.2 Å². The average molecular weight is 259 g/mol. The highest BCUT2D eigenvalue weighted by molar-refractivity contribution is 7.99. The van der Waals surface area contributed by atoms with Crippen molar-refractivity contribution in [3.8, 4) is 0 Å². The molecule has 1 aromatic rings. The van der Waals surface area contributed by atoms with Gasteiger partial charge in [-0.15, -0.1) is 11.8 Å². The number of para-hydroxylation sites is 1. The van der Waals surface area contributed by atoms with Crippen LogP contribution in [-0.4, -0.2) is 23.8 Å². The predicted octanol–water partition coefficient (Wildman–Crippen LogP) is 2.39. The largest absolute Gasteiger partial charge is 0.469 e. The van der Waals surface area contributed by atoms with Gasteiger partial charge in [0.25, 0.3) is 0 Å². The van der Waals surface area contributed by atoms with Gasteiger partial charge in [-0.25, -0.2) is 0 Å². The second kappa shape index (κ2) is 6.19. The first-order chi connectivity index (χ1) is 8.06. The zero-order valence-corrected chi connectivity index (χ0v) is 9.83. The Morgan fingerprint density at radius 3 is 2.88 bits per heavy atom. The van der Waals surface area contributed by atoms with Gasteiger partial charge < -0.3 is 4.74 Å². The third kappa shape index (κ3) is 3.70. The summed E-state index contributed by atoms with van der Waals surface area (Å²) in [5.41, 5.74) is -0.553. The molecule has 1 rings (SSSR count). The maximum Gasteiger partial charge on any atom is 0.318 e. The summed E-state index contributed by atoms with van der Waals surface area (Å²) in [5, 5.41) is 10.7. The van der Waals surface area contributed by atoms with E-state index < -0.39 is 22.4 Å². The Bertz CT molecular complexity index is 438. The van der Waals surface area contributed by atoms with Gasteiger partial charge in [0.1, 0.15) is 0 Å². The fourth-order valence-corrected chi connectivity index (χ4v) is 2.11. The molecule has 0 unspecified atom stereocenters. The number of thioether (sulfide) groups is 1. The smallest absolute Gasteiger partial charge is 0.318 e. The van der Waals surface area contributed by atoms with Crippen LogP contribution in [0.15, 0.2) is 23.1 Å². The number of methoxy groups -OCH3 is 1. The van der Waals surface area contributed by atoms with E-state index in [1.54, 1.807) is 0 Å². The molecule has 0 saturated carbocycles. The van der Waals surface area contributed by atoms with Crippen LogP contribution in [0.2, 0.25) is 0 Å². The lowest BCUT2D eigenvalue weighted by Gasteiger charge is -2.02. The van der Waals surface area contributed by atoms with Gasteiger partial charge in [-0.2, -0.15) is 4.39 Å². The number of hydrogen-bond donors (Lipinski definition) is 0. The van der Waals surface area contributed by atoms with Crippen LogP contribution in [0.25, 0.3) is 0 Å². The molecule has 0 aliphatic rings. The second-order valence-electron chi connectivity index (χ2n) is 3.02. The normalized spacial score (nSPS) is 10.0. The van der Waals surface area contributed by atoms with Gasteiger partial charge in [-0.3, -0.25) is 14.9 Å². The number of esters is 1. The summed E-state index contributed by atoms with van der Waals surface area (Å²) in [6.45, 7) is 0. The SMILES string of the molecule is COC(=O)CCSc1cccc(F)c1[N+](=O)[O-]. The first-order valence-corrected chi connectivity index (χ1v) is 5.67. The molecule has 0 N–H and O–H groups in total. The topological polar surface area (TPSA) is 69.4 Å². The van der Waals surface area contributed by atoms with Crippen molar-refractivity contribution in [2.75, 3.05) is 12.9 Å². The number of ether oxygens (including phenoxy) is 1. The predicted molar refractivity (Wildman–Crippen MR) is 60.4 cm³/mol. The van der Waals surface area contributed by atoms with Crippen molar-refractivity contribution in [3.63, 3.8) is 0 Å². The molecule has 92 valence electrons. The van der Waals surface area contributed by atoms with E-state index in [0.717, 1.165) is 17.8 Å². The summed E-state index contributed by atoms with van der Waals surface area (Å²) >= 11 is 1.05. The zero-order chi connectivity index (χ0) is 12.8. The highest BCUT2D eigenvalue weighted by atomic mass is 32.2. The minimum Gasteiger partial charge on any atom is -0.469 e. The van der Waals surface area contributed by atoms with E-state index in [4.69, 9.17) is 0 Å². The van der Waals surface area contributed by atoms with Crippen molar-refractivity contribution in [2.45, 2.75) is 11.3 Å². The van der Waals surface area contributed by atoms with Gasteiger partial charge >= 0.3 is 11.7 Å². The van der Waals surface area contributed by atoms with Crippen LogP contribution in [0.3, 0.4) is 0 Å². The number of nitrogens with zero attached hydrogens (tertiary/aromatic N) is 1. The van der Waals surface area contributed by atoms with Gasteiger partial charge in [-0.1, -0.05) is 6.07 Å². The Labute approximate surface area is 101 Å². The lowest BCUT2D eigenvalue weighted by molar-refractivity contribution is -0.390. The highest BCUT2D eigenvalue weighted by Crippen LogP contribution is 2.31. The summed E-state index contributed by atoms with van der Waals surface area (Å²) in [6.07, 6.45) is 0.120. The average Bonchev–Trinajstić information content (AvgIpc) is 2.28. The molecule has 0 amide bonds. The molecule has 17 heavy (non-hydrogen) atoms. The molecule has 0 aromatic heterocycles. The van der Waals surface area contributed by atoms with Crippen molar-refractivity contribution in [3.05, 3.63) is 34.1 Å². The molecule has 0 fully saturated rings. The number of nitro groups is 1. The fourth-order valence-electron chi connectivity index (χ4n) is 1.14. The fraction of sp³-hybridized carbons (Fsp3) is 0.300. The maximum atomic E-state index is 13.2. The number of benzene rings is 1. The van der Waals surface area contributed by atoms with Gasteiger partial charge in [0.15, 0.2) is 0 Å². The molecule has 0 spiro atoms. The zero-order valence-electron chi connectivity index (χ0n) is 9.01. The summed E-state index contributed by atoms with van der Waals surface area (Å²) < 4.78 is 17.6. The van der Waals surface area contributed by atoms with Crippen molar-refractivity contribution in [2.24, 2.45) is 0 Å². The quantitative estimate of drug-likeness (QED) is 0.351. The standard InChI is InChI=1S/C10H10FNO4S/c1-16-9(13)5-6-17-8-4-2-3-7(11)10(8)12(14)15/h2-4H,5-6H2,1H3. The molecule has 0 radical (unpaired) electrons. The lowest BCUT2D eigenvalue weighted by Crippen LogP contribution is -2.01.